The van der Waals surface area contributed by atoms with Crippen LogP contribution in [-0.2, 0) is 4.79 Å². The molecular formula is C19H23FO2. The van der Waals surface area contributed by atoms with Crippen molar-refractivity contribution in [2.75, 3.05) is 0 Å². The minimum absolute atomic E-state index is 0.105. The average molecular weight is 302 g/mol. The maximum Gasteiger partial charge on any atom is 0.161 e. The topological polar surface area (TPSA) is 37.3 Å². The van der Waals surface area contributed by atoms with E-state index in [1.165, 1.54) is 6.07 Å². The Morgan fingerprint density at radius 3 is 2.77 bits per heavy atom. The van der Waals surface area contributed by atoms with E-state index < -0.39 is 0 Å². The van der Waals surface area contributed by atoms with E-state index in [1.54, 1.807) is 24.3 Å². The summed E-state index contributed by atoms with van der Waals surface area (Å²) >= 11 is 0. The Balaban J connectivity index is 1.99. The van der Waals surface area contributed by atoms with E-state index in [4.69, 9.17) is 0 Å². The fourth-order valence-electron chi connectivity index (χ4n) is 4.38. The van der Waals surface area contributed by atoms with E-state index >= 15 is 0 Å². The van der Waals surface area contributed by atoms with E-state index in [-0.39, 0.29) is 35.0 Å². The first-order valence-corrected chi connectivity index (χ1v) is 8.11. The number of aliphatic hydroxyl groups excluding tert-OH is 1. The highest BCUT2D eigenvalue weighted by molar-refractivity contribution is 6.02. The third kappa shape index (κ3) is 2.41. The van der Waals surface area contributed by atoms with E-state index in [9.17, 15) is 14.3 Å². The highest BCUT2D eigenvalue weighted by atomic mass is 19.1. The molecule has 1 N–H and O–H groups in total. The molecule has 4 atom stereocenters. The van der Waals surface area contributed by atoms with Crippen molar-refractivity contribution < 1.29 is 14.3 Å². The van der Waals surface area contributed by atoms with Gasteiger partial charge in [0.2, 0.25) is 0 Å². The predicted octanol–water partition coefficient (Wildman–Crippen LogP) is 3.99. The number of benzene rings is 1. The van der Waals surface area contributed by atoms with Gasteiger partial charge >= 0.3 is 0 Å². The lowest BCUT2D eigenvalue weighted by atomic mass is 9.54. The van der Waals surface area contributed by atoms with Gasteiger partial charge in [-0.25, -0.2) is 4.39 Å². The summed E-state index contributed by atoms with van der Waals surface area (Å²) in [5.74, 6) is -0.0833. The fraction of sp³-hybridized carbons (Fsp3) is 0.526. The summed E-state index contributed by atoms with van der Waals surface area (Å²) in [5, 5.41) is 10.5. The number of hydrogen-bond donors (Lipinski definition) is 1. The number of Topliss-reactive ketones (excluding diaryl/α,β-unsaturated/α-hetero) is 1. The molecule has 2 nitrogen and oxygen atoms in total. The van der Waals surface area contributed by atoms with Crippen LogP contribution in [0.1, 0.15) is 45.1 Å². The SMILES string of the molecule is CC1C(=O)C(=Cc2ccccc2F)C[C@@]2(C)C1CCC[C@@H]2O. The van der Waals surface area contributed by atoms with E-state index in [1.807, 2.05) is 6.92 Å². The quantitative estimate of drug-likeness (QED) is 0.797. The molecule has 2 unspecified atom stereocenters. The largest absolute Gasteiger partial charge is 0.393 e. The second-order valence-corrected chi connectivity index (χ2v) is 7.08. The van der Waals surface area contributed by atoms with Crippen LogP contribution in [0.2, 0.25) is 0 Å². The minimum atomic E-state index is -0.383. The molecule has 1 aromatic carbocycles. The Morgan fingerprint density at radius 2 is 2.05 bits per heavy atom. The Labute approximate surface area is 131 Å². The Hall–Kier alpha value is -1.48. The molecule has 3 heteroatoms. The van der Waals surface area contributed by atoms with Crippen LogP contribution in [0.25, 0.3) is 6.08 Å². The van der Waals surface area contributed by atoms with Gasteiger partial charge in [0.1, 0.15) is 5.82 Å². The monoisotopic (exact) mass is 302 g/mol. The van der Waals surface area contributed by atoms with Crippen LogP contribution < -0.4 is 0 Å². The average Bonchev–Trinajstić information content (AvgIpc) is 2.49. The molecule has 0 bridgehead atoms. The van der Waals surface area contributed by atoms with E-state index in [0.29, 0.717) is 17.6 Å². The number of fused-ring (bicyclic) bond motifs is 1. The molecule has 2 fully saturated rings. The Kier molecular flexibility index (Phi) is 3.94. The van der Waals surface area contributed by atoms with Gasteiger partial charge in [-0.3, -0.25) is 4.79 Å². The van der Waals surface area contributed by atoms with Gasteiger partial charge in [-0.05, 0) is 42.9 Å². The summed E-state index contributed by atoms with van der Waals surface area (Å²) in [7, 11) is 0. The van der Waals surface area contributed by atoms with Crippen molar-refractivity contribution in [3.63, 3.8) is 0 Å². The van der Waals surface area contributed by atoms with Crippen LogP contribution in [0.3, 0.4) is 0 Å². The van der Waals surface area contributed by atoms with Gasteiger partial charge in [-0.1, -0.05) is 38.5 Å². The highest BCUT2D eigenvalue weighted by Crippen LogP contribution is 2.53. The molecule has 2 aliphatic rings. The molecule has 1 aromatic rings. The summed E-state index contributed by atoms with van der Waals surface area (Å²) in [6.45, 7) is 4.04. The zero-order chi connectivity index (χ0) is 15.9. The van der Waals surface area contributed by atoms with Crippen molar-refractivity contribution in [3.05, 3.63) is 41.2 Å². The molecule has 2 aliphatic carbocycles. The third-order valence-electron chi connectivity index (χ3n) is 5.74. The zero-order valence-corrected chi connectivity index (χ0v) is 13.2. The molecule has 0 amide bonds. The molecule has 0 spiro atoms. The van der Waals surface area contributed by atoms with Crippen LogP contribution in [0.5, 0.6) is 0 Å². The van der Waals surface area contributed by atoms with Crippen LogP contribution in [0, 0.1) is 23.1 Å². The summed E-state index contributed by atoms with van der Waals surface area (Å²) in [5.41, 5.74) is 0.825. The summed E-state index contributed by atoms with van der Waals surface area (Å²) in [4.78, 5) is 12.7. The van der Waals surface area contributed by atoms with Gasteiger partial charge in [0.15, 0.2) is 5.78 Å². The van der Waals surface area contributed by atoms with Crippen LogP contribution >= 0.6 is 0 Å². The first-order valence-electron chi connectivity index (χ1n) is 8.11. The van der Waals surface area contributed by atoms with Gasteiger partial charge in [0.05, 0.1) is 6.10 Å². The summed E-state index contributed by atoms with van der Waals surface area (Å²) in [6, 6.07) is 6.51. The molecule has 0 saturated heterocycles. The second kappa shape index (κ2) is 5.62. The number of carbonyl (C=O) groups is 1. The molecule has 0 aromatic heterocycles. The standard InChI is InChI=1S/C19H23FO2/c1-12-15-7-5-9-17(21)19(15,2)11-14(18(12)22)10-13-6-3-4-8-16(13)20/h3-4,6,8,10,12,15,17,21H,5,7,9,11H2,1-2H3/t12?,15?,17-,19-/m0/s1. The van der Waals surface area contributed by atoms with Gasteiger partial charge < -0.3 is 5.11 Å². The lowest BCUT2D eigenvalue weighted by molar-refractivity contribution is -0.133. The van der Waals surface area contributed by atoms with E-state index in [2.05, 4.69) is 6.92 Å². The van der Waals surface area contributed by atoms with Gasteiger partial charge in [-0.2, -0.15) is 0 Å². The molecule has 2 saturated carbocycles. The minimum Gasteiger partial charge on any atom is -0.393 e. The Bertz CT molecular complexity index is 622. The molecular weight excluding hydrogens is 279 g/mol. The van der Waals surface area contributed by atoms with E-state index in [0.717, 1.165) is 19.3 Å². The van der Waals surface area contributed by atoms with Crippen molar-refractivity contribution in [1.29, 1.82) is 0 Å². The number of rotatable bonds is 1. The number of allylic oxidation sites excluding steroid dienone is 1. The normalized spacial score (nSPS) is 37.2. The van der Waals surface area contributed by atoms with Crippen LogP contribution in [0.15, 0.2) is 29.8 Å². The molecule has 0 radical (unpaired) electrons. The van der Waals surface area contributed by atoms with Crippen molar-refractivity contribution >= 4 is 11.9 Å². The number of ketones is 1. The van der Waals surface area contributed by atoms with Crippen LogP contribution in [0.4, 0.5) is 4.39 Å². The molecule has 3 rings (SSSR count). The first kappa shape index (κ1) is 15.4. The molecule has 0 aliphatic heterocycles. The summed E-state index contributed by atoms with van der Waals surface area (Å²) in [6.07, 6.45) is 4.60. The first-order chi connectivity index (χ1) is 10.4. The number of carbonyl (C=O) groups excluding carboxylic acids is 1. The van der Waals surface area contributed by atoms with Gasteiger partial charge in [-0.15, -0.1) is 0 Å². The van der Waals surface area contributed by atoms with Crippen molar-refractivity contribution in [2.24, 2.45) is 17.3 Å². The Morgan fingerprint density at radius 1 is 1.32 bits per heavy atom. The maximum absolute atomic E-state index is 13.9. The maximum atomic E-state index is 13.9. The lowest BCUT2D eigenvalue weighted by Gasteiger charge is -2.51. The van der Waals surface area contributed by atoms with Crippen molar-refractivity contribution in [3.8, 4) is 0 Å². The zero-order valence-electron chi connectivity index (χ0n) is 13.2. The van der Waals surface area contributed by atoms with Gasteiger partial charge in [0, 0.05) is 16.9 Å². The highest BCUT2D eigenvalue weighted by Gasteiger charge is 2.51. The molecule has 22 heavy (non-hydrogen) atoms. The summed E-state index contributed by atoms with van der Waals surface area (Å²) < 4.78 is 13.9. The predicted molar refractivity (Wildman–Crippen MR) is 84.6 cm³/mol. The smallest absolute Gasteiger partial charge is 0.161 e. The van der Waals surface area contributed by atoms with Crippen molar-refractivity contribution in [1.82, 2.24) is 0 Å². The number of aliphatic hydroxyl groups is 1. The lowest BCUT2D eigenvalue weighted by Crippen LogP contribution is -2.51. The molecule has 0 heterocycles. The number of halogens is 1. The van der Waals surface area contributed by atoms with Crippen molar-refractivity contribution in [2.45, 2.75) is 45.6 Å². The van der Waals surface area contributed by atoms with Gasteiger partial charge in [0.25, 0.3) is 0 Å². The fourth-order valence-corrected chi connectivity index (χ4v) is 4.38. The molecule has 118 valence electrons. The second-order valence-electron chi connectivity index (χ2n) is 7.08. The third-order valence-corrected chi connectivity index (χ3v) is 5.74. The van der Waals surface area contributed by atoms with Crippen LogP contribution in [-0.4, -0.2) is 17.0 Å². The number of hydrogen-bond acceptors (Lipinski definition) is 2.